The molecule has 4 heteroatoms. The Hall–Kier alpha value is -2.88. The summed E-state index contributed by atoms with van der Waals surface area (Å²) in [6.07, 6.45) is 0. The maximum atomic E-state index is 13.1. The predicted molar refractivity (Wildman–Crippen MR) is 99.8 cm³/mol. The van der Waals surface area contributed by atoms with E-state index in [-0.39, 0.29) is 17.7 Å². The van der Waals surface area contributed by atoms with E-state index in [0.717, 1.165) is 22.4 Å². The van der Waals surface area contributed by atoms with Gasteiger partial charge in [0.1, 0.15) is 5.69 Å². The van der Waals surface area contributed by atoms with Crippen molar-refractivity contribution in [3.8, 4) is 11.3 Å². The Morgan fingerprint density at radius 2 is 1.76 bits per heavy atom. The molecule has 1 aromatic heterocycles. The number of aryl methyl sites for hydroxylation is 2. The Labute approximate surface area is 148 Å². The molecule has 0 saturated heterocycles. The molecule has 3 aromatic rings. The van der Waals surface area contributed by atoms with Crippen LogP contribution in [-0.4, -0.2) is 17.1 Å². The third-order valence-electron chi connectivity index (χ3n) is 4.15. The Morgan fingerprint density at radius 3 is 2.44 bits per heavy atom. The average Bonchev–Trinajstić information content (AvgIpc) is 3.09. The van der Waals surface area contributed by atoms with Gasteiger partial charge in [-0.05, 0) is 44.9 Å². The van der Waals surface area contributed by atoms with E-state index < -0.39 is 0 Å². The van der Waals surface area contributed by atoms with Crippen molar-refractivity contribution in [1.82, 2.24) is 5.16 Å². The van der Waals surface area contributed by atoms with Gasteiger partial charge < -0.3 is 9.42 Å². The van der Waals surface area contributed by atoms with Crippen LogP contribution >= 0.6 is 0 Å². The smallest absolute Gasteiger partial charge is 0.297 e. The molecular weight excluding hydrogens is 312 g/mol. The van der Waals surface area contributed by atoms with Crippen molar-refractivity contribution in [3.05, 3.63) is 71.5 Å². The number of carbonyl (C=O) groups is 1. The van der Waals surface area contributed by atoms with Crippen LogP contribution in [0, 0.1) is 13.8 Å². The fourth-order valence-corrected chi connectivity index (χ4v) is 2.84. The molecule has 1 heterocycles. The Bertz CT molecular complexity index is 882. The summed E-state index contributed by atoms with van der Waals surface area (Å²) in [5, 5.41) is 4.06. The third-order valence-corrected chi connectivity index (χ3v) is 4.15. The Kier molecular flexibility index (Phi) is 4.70. The van der Waals surface area contributed by atoms with Crippen LogP contribution < -0.4 is 4.90 Å². The quantitative estimate of drug-likeness (QED) is 0.673. The molecule has 0 unspecified atom stereocenters. The number of hydrogen-bond acceptors (Lipinski definition) is 3. The fourth-order valence-electron chi connectivity index (χ4n) is 2.84. The second kappa shape index (κ2) is 6.93. The van der Waals surface area contributed by atoms with Crippen LogP contribution in [0.2, 0.25) is 0 Å². The van der Waals surface area contributed by atoms with Crippen molar-refractivity contribution in [2.75, 3.05) is 4.90 Å². The van der Waals surface area contributed by atoms with Gasteiger partial charge in [-0.25, -0.2) is 0 Å². The SMILES string of the molecule is Cc1ccc(C)c(N(C(=O)c2cc(-c3ccccc3)no2)C(C)C)c1. The molecule has 0 spiro atoms. The Morgan fingerprint density at radius 1 is 1.04 bits per heavy atom. The zero-order valence-corrected chi connectivity index (χ0v) is 15.0. The molecule has 0 aliphatic heterocycles. The summed E-state index contributed by atoms with van der Waals surface area (Å²) in [6, 6.07) is 17.5. The molecule has 25 heavy (non-hydrogen) atoms. The van der Waals surface area contributed by atoms with Gasteiger partial charge in [0.05, 0.1) is 0 Å². The fraction of sp³-hybridized carbons (Fsp3) is 0.238. The van der Waals surface area contributed by atoms with Crippen molar-refractivity contribution < 1.29 is 9.32 Å². The van der Waals surface area contributed by atoms with Gasteiger partial charge in [0, 0.05) is 23.4 Å². The lowest BCUT2D eigenvalue weighted by atomic mass is 10.1. The maximum Gasteiger partial charge on any atom is 0.297 e. The number of aromatic nitrogens is 1. The molecule has 0 aliphatic rings. The van der Waals surface area contributed by atoms with Gasteiger partial charge in [-0.15, -0.1) is 0 Å². The van der Waals surface area contributed by atoms with E-state index in [2.05, 4.69) is 5.16 Å². The molecule has 0 saturated carbocycles. The second-order valence-corrected chi connectivity index (χ2v) is 6.50. The molecule has 2 aromatic carbocycles. The first kappa shape index (κ1) is 17.0. The van der Waals surface area contributed by atoms with E-state index in [1.54, 1.807) is 11.0 Å². The van der Waals surface area contributed by atoms with Crippen LogP contribution in [0.25, 0.3) is 11.3 Å². The third kappa shape index (κ3) is 3.48. The van der Waals surface area contributed by atoms with Crippen molar-refractivity contribution in [2.24, 2.45) is 0 Å². The lowest BCUT2D eigenvalue weighted by Crippen LogP contribution is -2.37. The van der Waals surface area contributed by atoms with Gasteiger partial charge in [-0.2, -0.15) is 0 Å². The molecule has 1 amide bonds. The minimum atomic E-state index is -0.182. The number of amides is 1. The summed E-state index contributed by atoms with van der Waals surface area (Å²) >= 11 is 0. The lowest BCUT2D eigenvalue weighted by Gasteiger charge is -2.27. The minimum Gasteiger partial charge on any atom is -0.350 e. The Balaban J connectivity index is 1.97. The first-order valence-electron chi connectivity index (χ1n) is 8.40. The monoisotopic (exact) mass is 334 g/mol. The van der Waals surface area contributed by atoms with Gasteiger partial charge in [0.15, 0.2) is 0 Å². The van der Waals surface area contributed by atoms with E-state index in [0.29, 0.717) is 5.69 Å². The molecule has 0 fully saturated rings. The highest BCUT2D eigenvalue weighted by atomic mass is 16.5. The van der Waals surface area contributed by atoms with Gasteiger partial charge >= 0.3 is 0 Å². The van der Waals surface area contributed by atoms with E-state index in [4.69, 9.17) is 4.52 Å². The molecule has 0 radical (unpaired) electrons. The summed E-state index contributed by atoms with van der Waals surface area (Å²) in [5.74, 6) is 0.0619. The highest BCUT2D eigenvalue weighted by molar-refractivity contribution is 6.05. The molecule has 3 rings (SSSR count). The van der Waals surface area contributed by atoms with Gasteiger partial charge in [-0.3, -0.25) is 4.79 Å². The van der Waals surface area contributed by atoms with Crippen molar-refractivity contribution in [1.29, 1.82) is 0 Å². The normalized spacial score (nSPS) is 10.9. The summed E-state index contributed by atoms with van der Waals surface area (Å²) < 4.78 is 5.36. The van der Waals surface area contributed by atoms with Gasteiger partial charge in [-0.1, -0.05) is 47.6 Å². The maximum absolute atomic E-state index is 13.1. The molecule has 0 atom stereocenters. The highest BCUT2D eigenvalue weighted by Crippen LogP contribution is 2.27. The van der Waals surface area contributed by atoms with Crippen LogP contribution in [0.15, 0.2) is 59.1 Å². The highest BCUT2D eigenvalue weighted by Gasteiger charge is 2.26. The molecule has 0 N–H and O–H groups in total. The van der Waals surface area contributed by atoms with Crippen molar-refractivity contribution in [3.63, 3.8) is 0 Å². The largest absolute Gasteiger partial charge is 0.350 e. The van der Waals surface area contributed by atoms with E-state index in [9.17, 15) is 4.79 Å². The standard InChI is InChI=1S/C21H22N2O2/c1-14(2)23(19-12-15(3)10-11-16(19)4)21(24)20-13-18(22-25-20)17-8-6-5-7-9-17/h5-14H,1-4H3. The van der Waals surface area contributed by atoms with Crippen LogP contribution in [0.4, 0.5) is 5.69 Å². The topological polar surface area (TPSA) is 46.3 Å². The van der Waals surface area contributed by atoms with Crippen LogP contribution in [0.1, 0.15) is 35.5 Å². The van der Waals surface area contributed by atoms with Crippen LogP contribution in [-0.2, 0) is 0 Å². The molecular formula is C21H22N2O2. The number of benzene rings is 2. The average molecular weight is 334 g/mol. The van der Waals surface area contributed by atoms with Crippen LogP contribution in [0.5, 0.6) is 0 Å². The van der Waals surface area contributed by atoms with E-state index >= 15 is 0 Å². The number of nitrogens with zero attached hydrogens (tertiary/aromatic N) is 2. The zero-order valence-electron chi connectivity index (χ0n) is 15.0. The number of hydrogen-bond donors (Lipinski definition) is 0. The van der Waals surface area contributed by atoms with E-state index in [1.807, 2.05) is 76.2 Å². The summed E-state index contributed by atoms with van der Waals surface area (Å²) in [4.78, 5) is 14.8. The summed E-state index contributed by atoms with van der Waals surface area (Å²) in [5.41, 5.74) is 4.65. The lowest BCUT2D eigenvalue weighted by molar-refractivity contribution is 0.0944. The molecule has 0 aliphatic carbocycles. The predicted octanol–water partition coefficient (Wildman–Crippen LogP) is 5.01. The molecule has 128 valence electrons. The van der Waals surface area contributed by atoms with Gasteiger partial charge in [0.25, 0.3) is 5.91 Å². The minimum absolute atomic E-state index is 0.00160. The summed E-state index contributed by atoms with van der Waals surface area (Å²) in [6.45, 7) is 8.02. The number of anilines is 1. The van der Waals surface area contributed by atoms with Crippen LogP contribution in [0.3, 0.4) is 0 Å². The summed E-state index contributed by atoms with van der Waals surface area (Å²) in [7, 11) is 0. The number of rotatable bonds is 4. The van der Waals surface area contributed by atoms with E-state index in [1.165, 1.54) is 0 Å². The second-order valence-electron chi connectivity index (χ2n) is 6.50. The van der Waals surface area contributed by atoms with Gasteiger partial charge in [0.2, 0.25) is 5.76 Å². The molecule has 0 bridgehead atoms. The van der Waals surface area contributed by atoms with Crippen molar-refractivity contribution in [2.45, 2.75) is 33.7 Å². The first-order valence-corrected chi connectivity index (χ1v) is 8.40. The molecule has 4 nitrogen and oxygen atoms in total. The van der Waals surface area contributed by atoms with Crippen molar-refractivity contribution >= 4 is 11.6 Å². The first-order chi connectivity index (χ1) is 12.0. The zero-order chi connectivity index (χ0) is 18.0. The number of carbonyl (C=O) groups excluding carboxylic acids is 1.